The molecule has 2 rings (SSSR count). The van der Waals surface area contributed by atoms with E-state index in [0.717, 1.165) is 25.1 Å². The molecule has 0 saturated carbocycles. The van der Waals surface area contributed by atoms with Crippen LogP contribution in [0.1, 0.15) is 19.8 Å². The van der Waals surface area contributed by atoms with Crippen LogP contribution in [0, 0.1) is 0 Å². The summed E-state index contributed by atoms with van der Waals surface area (Å²) in [5.74, 6) is 1.43. The Balaban J connectivity index is 1.95. The molecule has 0 radical (unpaired) electrons. The summed E-state index contributed by atoms with van der Waals surface area (Å²) in [7, 11) is 3.24. The Labute approximate surface area is 131 Å². The third-order valence-electron chi connectivity index (χ3n) is 3.49. The molecule has 1 aliphatic heterocycles. The number of methoxy groups -OCH3 is 2. The third-order valence-corrected chi connectivity index (χ3v) is 3.71. The van der Waals surface area contributed by atoms with Gasteiger partial charge in [-0.3, -0.25) is 0 Å². The second kappa shape index (κ2) is 7.47. The summed E-state index contributed by atoms with van der Waals surface area (Å²) < 4.78 is 16.1. The molecule has 2 N–H and O–H groups in total. The van der Waals surface area contributed by atoms with Gasteiger partial charge in [0.15, 0.2) is 5.11 Å². The van der Waals surface area contributed by atoms with Gasteiger partial charge in [0.25, 0.3) is 0 Å². The van der Waals surface area contributed by atoms with Crippen LogP contribution in [0.25, 0.3) is 0 Å². The first-order valence-corrected chi connectivity index (χ1v) is 7.45. The zero-order chi connectivity index (χ0) is 15.2. The van der Waals surface area contributed by atoms with Gasteiger partial charge >= 0.3 is 0 Å². The van der Waals surface area contributed by atoms with Gasteiger partial charge in [-0.25, -0.2) is 0 Å². The molecule has 0 amide bonds. The molecule has 2 unspecified atom stereocenters. The van der Waals surface area contributed by atoms with E-state index in [1.807, 2.05) is 18.2 Å². The number of nitrogens with one attached hydrogen (secondary N) is 2. The van der Waals surface area contributed by atoms with Crippen LogP contribution >= 0.6 is 12.2 Å². The summed E-state index contributed by atoms with van der Waals surface area (Å²) in [5, 5.41) is 6.97. The number of rotatable bonds is 5. The van der Waals surface area contributed by atoms with Crippen LogP contribution in [0.3, 0.4) is 0 Å². The Hall–Kier alpha value is -1.53. The number of hydrogen-bond donors (Lipinski definition) is 2. The number of thiocarbonyl (C=S) groups is 1. The number of anilines is 1. The van der Waals surface area contributed by atoms with Crippen molar-refractivity contribution in [2.24, 2.45) is 0 Å². The molecule has 1 aromatic rings. The first-order valence-electron chi connectivity index (χ1n) is 7.04. The summed E-state index contributed by atoms with van der Waals surface area (Å²) >= 11 is 5.35. The first-order chi connectivity index (χ1) is 10.1. The molecule has 1 aromatic carbocycles. The van der Waals surface area contributed by atoms with Crippen molar-refractivity contribution in [3.63, 3.8) is 0 Å². The molecular formula is C15H22N2O3S. The van der Waals surface area contributed by atoms with Crippen LogP contribution in [-0.2, 0) is 4.74 Å². The number of benzene rings is 1. The van der Waals surface area contributed by atoms with E-state index in [1.54, 1.807) is 14.2 Å². The van der Waals surface area contributed by atoms with Crippen LogP contribution in [0.5, 0.6) is 11.5 Å². The van der Waals surface area contributed by atoms with Gasteiger partial charge in [0.05, 0.1) is 26.4 Å². The van der Waals surface area contributed by atoms with Crippen LogP contribution in [0.15, 0.2) is 18.2 Å². The maximum atomic E-state index is 5.65. The molecular weight excluding hydrogens is 288 g/mol. The van der Waals surface area contributed by atoms with E-state index in [4.69, 9.17) is 26.4 Å². The fourth-order valence-corrected chi connectivity index (χ4v) is 2.65. The highest BCUT2D eigenvalue weighted by molar-refractivity contribution is 7.80. The van der Waals surface area contributed by atoms with E-state index in [1.165, 1.54) is 0 Å². The molecule has 116 valence electrons. The smallest absolute Gasteiger partial charge is 0.171 e. The summed E-state index contributed by atoms with van der Waals surface area (Å²) in [6.07, 6.45) is 2.41. The Morgan fingerprint density at radius 3 is 2.48 bits per heavy atom. The van der Waals surface area contributed by atoms with Gasteiger partial charge in [-0.1, -0.05) is 0 Å². The van der Waals surface area contributed by atoms with Gasteiger partial charge in [-0.05, 0) is 32.0 Å². The van der Waals surface area contributed by atoms with Crippen LogP contribution < -0.4 is 20.1 Å². The highest BCUT2D eigenvalue weighted by Crippen LogP contribution is 2.25. The Morgan fingerprint density at radius 1 is 1.29 bits per heavy atom. The molecule has 0 aromatic heterocycles. The molecule has 1 saturated heterocycles. The molecule has 1 aliphatic rings. The van der Waals surface area contributed by atoms with Gasteiger partial charge in [0, 0.05) is 30.5 Å². The average molecular weight is 310 g/mol. The van der Waals surface area contributed by atoms with Crippen molar-refractivity contribution >= 4 is 23.0 Å². The molecule has 0 bridgehead atoms. The summed E-state index contributed by atoms with van der Waals surface area (Å²) in [5.41, 5.74) is 0.822. The molecule has 2 atom stereocenters. The fraction of sp³-hybridized carbons (Fsp3) is 0.533. The third kappa shape index (κ3) is 4.47. The standard InChI is InChI=1S/C15H22N2O3S/c1-10(14-5-4-6-20-14)16-15(21)17-11-7-12(18-2)9-13(8-11)19-3/h7-10,14H,4-6H2,1-3H3,(H2,16,17,21). The zero-order valence-electron chi connectivity index (χ0n) is 12.6. The summed E-state index contributed by atoms with van der Waals surface area (Å²) in [6.45, 7) is 2.92. The average Bonchev–Trinajstić information content (AvgIpc) is 3.00. The van der Waals surface area contributed by atoms with E-state index in [0.29, 0.717) is 16.6 Å². The lowest BCUT2D eigenvalue weighted by Crippen LogP contribution is -2.42. The first kappa shape index (κ1) is 15.9. The van der Waals surface area contributed by atoms with Gasteiger partial charge in [0.1, 0.15) is 11.5 Å². The van der Waals surface area contributed by atoms with Gasteiger partial charge in [-0.2, -0.15) is 0 Å². The molecule has 0 aliphatic carbocycles. The highest BCUT2D eigenvalue weighted by atomic mass is 32.1. The maximum absolute atomic E-state index is 5.65. The minimum Gasteiger partial charge on any atom is -0.497 e. The Morgan fingerprint density at radius 2 is 1.95 bits per heavy atom. The van der Waals surface area contributed by atoms with E-state index in [9.17, 15) is 0 Å². The number of hydrogen-bond acceptors (Lipinski definition) is 4. The van der Waals surface area contributed by atoms with Crippen molar-refractivity contribution in [2.75, 3.05) is 26.1 Å². The second-order valence-corrected chi connectivity index (χ2v) is 5.45. The van der Waals surface area contributed by atoms with Crippen molar-refractivity contribution in [2.45, 2.75) is 31.9 Å². The van der Waals surface area contributed by atoms with E-state index < -0.39 is 0 Å². The minimum absolute atomic E-state index is 0.181. The van der Waals surface area contributed by atoms with Gasteiger partial charge in [0.2, 0.25) is 0 Å². The molecule has 1 fully saturated rings. The SMILES string of the molecule is COc1cc(NC(=S)NC(C)C2CCCO2)cc(OC)c1. The van der Waals surface area contributed by atoms with Crippen molar-refractivity contribution in [3.05, 3.63) is 18.2 Å². The molecule has 0 spiro atoms. The van der Waals surface area contributed by atoms with Gasteiger partial charge < -0.3 is 24.8 Å². The Kier molecular flexibility index (Phi) is 5.64. The largest absolute Gasteiger partial charge is 0.497 e. The topological polar surface area (TPSA) is 51.8 Å². The summed E-state index contributed by atoms with van der Waals surface area (Å²) in [6, 6.07) is 5.73. The van der Waals surface area contributed by atoms with E-state index in [2.05, 4.69) is 17.6 Å². The minimum atomic E-state index is 0.181. The second-order valence-electron chi connectivity index (χ2n) is 5.04. The van der Waals surface area contributed by atoms with Crippen molar-refractivity contribution in [1.82, 2.24) is 5.32 Å². The fourth-order valence-electron chi connectivity index (χ4n) is 2.34. The predicted molar refractivity (Wildman–Crippen MR) is 87.3 cm³/mol. The van der Waals surface area contributed by atoms with E-state index >= 15 is 0 Å². The van der Waals surface area contributed by atoms with Gasteiger partial charge in [-0.15, -0.1) is 0 Å². The number of ether oxygens (including phenoxy) is 3. The molecule has 1 heterocycles. The molecule has 5 nitrogen and oxygen atoms in total. The summed E-state index contributed by atoms with van der Waals surface area (Å²) in [4.78, 5) is 0. The lowest BCUT2D eigenvalue weighted by atomic mass is 10.1. The lowest BCUT2D eigenvalue weighted by molar-refractivity contribution is 0.0895. The molecule has 6 heteroatoms. The highest BCUT2D eigenvalue weighted by Gasteiger charge is 2.22. The normalized spacial score (nSPS) is 18.9. The van der Waals surface area contributed by atoms with Crippen LogP contribution in [-0.4, -0.2) is 38.1 Å². The maximum Gasteiger partial charge on any atom is 0.171 e. The van der Waals surface area contributed by atoms with Crippen molar-refractivity contribution in [3.8, 4) is 11.5 Å². The van der Waals surface area contributed by atoms with Crippen molar-refractivity contribution < 1.29 is 14.2 Å². The monoisotopic (exact) mass is 310 g/mol. The Bertz CT molecular complexity index is 468. The molecule has 21 heavy (non-hydrogen) atoms. The van der Waals surface area contributed by atoms with E-state index in [-0.39, 0.29) is 12.1 Å². The predicted octanol–water partition coefficient (Wildman–Crippen LogP) is 2.56. The van der Waals surface area contributed by atoms with Crippen LogP contribution in [0.2, 0.25) is 0 Å². The zero-order valence-corrected chi connectivity index (χ0v) is 13.5. The van der Waals surface area contributed by atoms with Crippen molar-refractivity contribution in [1.29, 1.82) is 0 Å². The lowest BCUT2D eigenvalue weighted by Gasteiger charge is -2.22. The quantitative estimate of drug-likeness (QED) is 0.815. The van der Waals surface area contributed by atoms with Crippen LogP contribution in [0.4, 0.5) is 5.69 Å².